The minimum atomic E-state index is -0.158. The third-order valence-electron chi connectivity index (χ3n) is 2.36. The van der Waals surface area contributed by atoms with Gasteiger partial charge in [-0.1, -0.05) is 0 Å². The highest BCUT2D eigenvalue weighted by Crippen LogP contribution is 2.32. The summed E-state index contributed by atoms with van der Waals surface area (Å²) in [5.74, 6) is 0.920. The Hall–Kier alpha value is -0.0800. The van der Waals surface area contributed by atoms with Crippen molar-refractivity contribution >= 4 is 0 Å². The van der Waals surface area contributed by atoms with Crippen LogP contribution in [0.2, 0.25) is 0 Å². The van der Waals surface area contributed by atoms with Crippen LogP contribution in [-0.4, -0.2) is 23.8 Å². The van der Waals surface area contributed by atoms with Crippen molar-refractivity contribution < 1.29 is 5.11 Å². The van der Waals surface area contributed by atoms with E-state index < -0.39 is 0 Å². The van der Waals surface area contributed by atoms with E-state index in [0.29, 0.717) is 6.04 Å². The summed E-state index contributed by atoms with van der Waals surface area (Å²) in [6, 6.07) is 0.661. The van der Waals surface area contributed by atoms with Gasteiger partial charge in [-0.3, -0.25) is 0 Å². The quantitative estimate of drug-likeness (QED) is 0.627. The first-order valence-electron chi connectivity index (χ1n) is 4.61. The molecule has 0 radical (unpaired) electrons. The van der Waals surface area contributed by atoms with E-state index in [2.05, 4.69) is 12.2 Å². The van der Waals surface area contributed by atoms with E-state index in [0.717, 1.165) is 18.9 Å². The van der Waals surface area contributed by atoms with Gasteiger partial charge in [0.1, 0.15) is 0 Å². The summed E-state index contributed by atoms with van der Waals surface area (Å²) in [7, 11) is 0. The molecule has 1 fully saturated rings. The Morgan fingerprint density at radius 3 is 2.55 bits per heavy atom. The van der Waals surface area contributed by atoms with Gasteiger partial charge in [-0.2, -0.15) is 0 Å². The maximum atomic E-state index is 8.98. The van der Waals surface area contributed by atoms with Gasteiger partial charge in [-0.15, -0.1) is 0 Å². The molecule has 2 nitrogen and oxygen atoms in total. The molecule has 66 valence electrons. The van der Waals surface area contributed by atoms with Gasteiger partial charge in [0.2, 0.25) is 0 Å². The molecular weight excluding hydrogens is 138 g/mol. The van der Waals surface area contributed by atoms with Gasteiger partial charge in [-0.05, 0) is 45.6 Å². The largest absolute Gasteiger partial charge is 0.393 e. The lowest BCUT2D eigenvalue weighted by atomic mass is 10.2. The highest BCUT2D eigenvalue weighted by atomic mass is 16.3. The Labute approximate surface area is 69.0 Å². The molecule has 0 unspecified atom stereocenters. The number of hydrogen-bond acceptors (Lipinski definition) is 2. The van der Waals surface area contributed by atoms with E-state index >= 15 is 0 Å². The molecule has 0 bridgehead atoms. The summed E-state index contributed by atoms with van der Waals surface area (Å²) < 4.78 is 0. The van der Waals surface area contributed by atoms with Crippen LogP contribution in [-0.2, 0) is 0 Å². The fraction of sp³-hybridized carbons (Fsp3) is 1.00. The fourth-order valence-corrected chi connectivity index (χ4v) is 1.28. The maximum absolute atomic E-state index is 8.98. The first kappa shape index (κ1) is 9.01. The molecule has 0 spiro atoms. The van der Waals surface area contributed by atoms with Crippen molar-refractivity contribution in [3.05, 3.63) is 0 Å². The summed E-state index contributed by atoms with van der Waals surface area (Å²) in [6.45, 7) is 5.03. The molecule has 0 heterocycles. The van der Waals surface area contributed by atoms with E-state index in [-0.39, 0.29) is 6.10 Å². The molecule has 0 aromatic heterocycles. The third kappa shape index (κ3) is 3.73. The van der Waals surface area contributed by atoms with Crippen LogP contribution >= 0.6 is 0 Å². The molecule has 2 heteroatoms. The van der Waals surface area contributed by atoms with E-state index in [9.17, 15) is 0 Å². The summed E-state index contributed by atoms with van der Waals surface area (Å²) in [5, 5.41) is 12.4. The molecule has 0 saturated heterocycles. The van der Waals surface area contributed by atoms with Gasteiger partial charge in [0.05, 0.1) is 6.10 Å². The van der Waals surface area contributed by atoms with Crippen LogP contribution in [0.1, 0.15) is 33.1 Å². The zero-order valence-corrected chi connectivity index (χ0v) is 7.51. The first-order valence-corrected chi connectivity index (χ1v) is 4.61. The van der Waals surface area contributed by atoms with Crippen LogP contribution in [0.3, 0.4) is 0 Å². The second-order valence-electron chi connectivity index (χ2n) is 3.72. The lowest BCUT2D eigenvalue weighted by Crippen LogP contribution is -2.30. The third-order valence-corrected chi connectivity index (χ3v) is 2.36. The standard InChI is InChI=1S/C9H19NO/c1-7(11)5-6-10-8(2)9-3-4-9/h7-11H,3-6H2,1-2H3/t7-,8+/m0/s1. The Morgan fingerprint density at radius 2 is 2.09 bits per heavy atom. The summed E-state index contributed by atoms with van der Waals surface area (Å²) in [6.07, 6.45) is 3.50. The topological polar surface area (TPSA) is 32.3 Å². The molecule has 0 amide bonds. The van der Waals surface area contributed by atoms with Crippen molar-refractivity contribution in [3.8, 4) is 0 Å². The van der Waals surface area contributed by atoms with Crippen LogP contribution < -0.4 is 5.32 Å². The Morgan fingerprint density at radius 1 is 1.45 bits per heavy atom. The molecular formula is C9H19NO. The van der Waals surface area contributed by atoms with Crippen LogP contribution in [0.25, 0.3) is 0 Å². The first-order chi connectivity index (χ1) is 5.20. The lowest BCUT2D eigenvalue weighted by molar-refractivity contribution is 0.182. The second kappa shape index (κ2) is 4.07. The minimum Gasteiger partial charge on any atom is -0.393 e. The maximum Gasteiger partial charge on any atom is 0.0524 e. The SMILES string of the molecule is C[C@H](O)CCN[C@H](C)C1CC1. The fourth-order valence-electron chi connectivity index (χ4n) is 1.28. The van der Waals surface area contributed by atoms with Crippen molar-refractivity contribution in [3.63, 3.8) is 0 Å². The Kier molecular flexibility index (Phi) is 3.34. The molecule has 1 aliphatic carbocycles. The molecule has 0 aromatic rings. The van der Waals surface area contributed by atoms with Gasteiger partial charge < -0.3 is 10.4 Å². The lowest BCUT2D eigenvalue weighted by Gasteiger charge is -2.12. The molecule has 0 aromatic carbocycles. The predicted molar refractivity (Wildman–Crippen MR) is 46.5 cm³/mol. The second-order valence-corrected chi connectivity index (χ2v) is 3.72. The highest BCUT2D eigenvalue weighted by Gasteiger charge is 2.27. The summed E-state index contributed by atoms with van der Waals surface area (Å²) in [5.41, 5.74) is 0. The molecule has 0 aliphatic heterocycles. The number of nitrogens with one attached hydrogen (secondary N) is 1. The zero-order chi connectivity index (χ0) is 8.27. The smallest absolute Gasteiger partial charge is 0.0524 e. The molecule has 1 saturated carbocycles. The van der Waals surface area contributed by atoms with Gasteiger partial charge in [0, 0.05) is 6.04 Å². The minimum absolute atomic E-state index is 0.158. The van der Waals surface area contributed by atoms with Crippen molar-refractivity contribution in [1.29, 1.82) is 0 Å². The average molecular weight is 157 g/mol. The van der Waals surface area contributed by atoms with Crippen molar-refractivity contribution in [2.75, 3.05) is 6.54 Å². The number of hydrogen-bond donors (Lipinski definition) is 2. The zero-order valence-electron chi connectivity index (χ0n) is 7.51. The van der Waals surface area contributed by atoms with Gasteiger partial charge in [-0.25, -0.2) is 0 Å². The van der Waals surface area contributed by atoms with Crippen molar-refractivity contribution in [2.45, 2.75) is 45.3 Å². The molecule has 11 heavy (non-hydrogen) atoms. The van der Waals surface area contributed by atoms with Crippen molar-refractivity contribution in [1.82, 2.24) is 5.32 Å². The van der Waals surface area contributed by atoms with E-state index in [4.69, 9.17) is 5.11 Å². The normalized spacial score (nSPS) is 23.2. The van der Waals surface area contributed by atoms with Crippen molar-refractivity contribution in [2.24, 2.45) is 5.92 Å². The average Bonchev–Trinajstić information content (AvgIpc) is 2.66. The number of rotatable bonds is 5. The van der Waals surface area contributed by atoms with Crippen LogP contribution in [0.15, 0.2) is 0 Å². The predicted octanol–water partition coefficient (Wildman–Crippen LogP) is 1.15. The van der Waals surface area contributed by atoms with Crippen LogP contribution in [0.4, 0.5) is 0 Å². The summed E-state index contributed by atoms with van der Waals surface area (Å²) in [4.78, 5) is 0. The highest BCUT2D eigenvalue weighted by molar-refractivity contribution is 4.83. The number of aliphatic hydroxyl groups is 1. The van der Waals surface area contributed by atoms with Gasteiger partial charge >= 0.3 is 0 Å². The van der Waals surface area contributed by atoms with E-state index in [1.54, 1.807) is 0 Å². The molecule has 1 rings (SSSR count). The Balaban J connectivity index is 1.93. The van der Waals surface area contributed by atoms with Gasteiger partial charge in [0.15, 0.2) is 0 Å². The monoisotopic (exact) mass is 157 g/mol. The van der Waals surface area contributed by atoms with Gasteiger partial charge in [0.25, 0.3) is 0 Å². The molecule has 2 atom stereocenters. The molecule has 1 aliphatic rings. The Bertz CT molecular complexity index is 110. The summed E-state index contributed by atoms with van der Waals surface area (Å²) >= 11 is 0. The molecule has 2 N–H and O–H groups in total. The van der Waals surface area contributed by atoms with Crippen LogP contribution in [0, 0.1) is 5.92 Å². The number of aliphatic hydroxyl groups excluding tert-OH is 1. The van der Waals surface area contributed by atoms with Crippen LogP contribution in [0.5, 0.6) is 0 Å². The van der Waals surface area contributed by atoms with E-state index in [1.165, 1.54) is 12.8 Å². The van der Waals surface area contributed by atoms with E-state index in [1.807, 2.05) is 6.92 Å².